The fourth-order valence-corrected chi connectivity index (χ4v) is 2.11. The van der Waals surface area contributed by atoms with Crippen LogP contribution in [0.2, 0.25) is 0 Å². The Morgan fingerprint density at radius 1 is 1.56 bits per heavy atom. The highest BCUT2D eigenvalue weighted by Crippen LogP contribution is 2.25. The van der Waals surface area contributed by atoms with Gasteiger partial charge in [0.25, 0.3) is 0 Å². The molecule has 5 nitrogen and oxygen atoms in total. The van der Waals surface area contributed by atoms with E-state index in [1.54, 1.807) is 7.11 Å². The topological polar surface area (TPSA) is 53.6 Å². The van der Waals surface area contributed by atoms with Crippen LogP contribution in [0.3, 0.4) is 0 Å². The van der Waals surface area contributed by atoms with Gasteiger partial charge in [-0.3, -0.25) is 4.79 Å². The standard InChI is InChI=1S/C12H25N3O2.ClH/c1-4-15(2)8-7-14-11(16)12(10-17-3)5-6-13-9-12;/h13H,4-10H2,1-3H3,(H,14,16);1H. The van der Waals surface area contributed by atoms with Gasteiger partial charge in [0.1, 0.15) is 0 Å². The molecule has 1 fully saturated rings. The molecule has 0 spiro atoms. The third kappa shape index (κ3) is 4.72. The number of hydrogen-bond donors (Lipinski definition) is 2. The van der Waals surface area contributed by atoms with Gasteiger partial charge < -0.3 is 20.3 Å². The van der Waals surface area contributed by atoms with Crippen LogP contribution < -0.4 is 10.6 Å². The fourth-order valence-electron chi connectivity index (χ4n) is 2.11. The molecule has 1 rings (SSSR count). The highest BCUT2D eigenvalue weighted by Gasteiger charge is 2.41. The van der Waals surface area contributed by atoms with Gasteiger partial charge in [-0.1, -0.05) is 6.92 Å². The normalized spacial score (nSPS) is 22.9. The van der Waals surface area contributed by atoms with Crippen molar-refractivity contribution >= 4 is 18.3 Å². The first-order valence-corrected chi connectivity index (χ1v) is 6.31. The number of methoxy groups -OCH3 is 1. The maximum absolute atomic E-state index is 12.2. The van der Waals surface area contributed by atoms with Crippen LogP contribution in [0, 0.1) is 5.41 Å². The molecule has 1 unspecified atom stereocenters. The van der Waals surface area contributed by atoms with E-state index in [1.165, 1.54) is 0 Å². The van der Waals surface area contributed by atoms with Crippen molar-refractivity contribution in [3.63, 3.8) is 0 Å². The fraction of sp³-hybridized carbons (Fsp3) is 0.917. The number of nitrogens with one attached hydrogen (secondary N) is 2. The summed E-state index contributed by atoms with van der Waals surface area (Å²) in [7, 11) is 3.70. The summed E-state index contributed by atoms with van der Waals surface area (Å²) < 4.78 is 5.19. The maximum atomic E-state index is 12.2. The van der Waals surface area contributed by atoms with E-state index in [4.69, 9.17) is 4.74 Å². The van der Waals surface area contributed by atoms with Crippen molar-refractivity contribution in [1.82, 2.24) is 15.5 Å². The second-order valence-electron chi connectivity index (χ2n) is 4.79. The molecule has 1 saturated heterocycles. The third-order valence-corrected chi connectivity index (χ3v) is 3.46. The first-order valence-electron chi connectivity index (χ1n) is 6.31. The Kier molecular flexibility index (Phi) is 8.52. The Morgan fingerprint density at radius 3 is 2.78 bits per heavy atom. The van der Waals surface area contributed by atoms with E-state index >= 15 is 0 Å². The molecule has 108 valence electrons. The Labute approximate surface area is 116 Å². The molecule has 0 saturated carbocycles. The molecule has 0 aromatic heterocycles. The Hall–Kier alpha value is -0.360. The van der Waals surface area contributed by atoms with Gasteiger partial charge in [-0.2, -0.15) is 0 Å². The zero-order valence-corrected chi connectivity index (χ0v) is 12.4. The minimum atomic E-state index is -0.362. The highest BCUT2D eigenvalue weighted by molar-refractivity contribution is 5.85. The number of carbonyl (C=O) groups is 1. The van der Waals surface area contributed by atoms with Gasteiger partial charge in [0, 0.05) is 26.7 Å². The van der Waals surface area contributed by atoms with Gasteiger partial charge in [0.2, 0.25) is 5.91 Å². The highest BCUT2D eigenvalue weighted by atomic mass is 35.5. The van der Waals surface area contributed by atoms with Crippen molar-refractivity contribution in [3.05, 3.63) is 0 Å². The molecule has 0 radical (unpaired) electrons. The number of likely N-dealkylation sites (N-methyl/N-ethyl adjacent to an activating group) is 1. The second kappa shape index (κ2) is 8.69. The van der Waals surface area contributed by atoms with Gasteiger partial charge in [0.15, 0.2) is 0 Å². The molecule has 6 heteroatoms. The second-order valence-corrected chi connectivity index (χ2v) is 4.79. The zero-order chi connectivity index (χ0) is 12.7. The number of amides is 1. The number of nitrogens with zero attached hydrogens (tertiary/aromatic N) is 1. The van der Waals surface area contributed by atoms with Crippen LogP contribution in [-0.4, -0.2) is 64.3 Å². The predicted molar refractivity (Wildman–Crippen MR) is 75.2 cm³/mol. The van der Waals surface area contributed by atoms with Gasteiger partial charge in [-0.15, -0.1) is 12.4 Å². The SMILES string of the molecule is CCN(C)CCNC(=O)C1(COC)CCNC1.Cl. The number of hydrogen-bond acceptors (Lipinski definition) is 4. The molecule has 1 aliphatic rings. The molecule has 1 amide bonds. The molecule has 18 heavy (non-hydrogen) atoms. The van der Waals surface area contributed by atoms with Crippen molar-refractivity contribution in [2.45, 2.75) is 13.3 Å². The summed E-state index contributed by atoms with van der Waals surface area (Å²) in [4.78, 5) is 14.4. The van der Waals surface area contributed by atoms with Gasteiger partial charge in [-0.25, -0.2) is 0 Å². The van der Waals surface area contributed by atoms with E-state index in [9.17, 15) is 4.79 Å². The molecule has 0 bridgehead atoms. The van der Waals surface area contributed by atoms with Gasteiger partial charge >= 0.3 is 0 Å². The molecule has 0 aliphatic carbocycles. The van der Waals surface area contributed by atoms with Crippen LogP contribution in [0.1, 0.15) is 13.3 Å². The molecule has 2 N–H and O–H groups in total. The van der Waals surface area contributed by atoms with Crippen LogP contribution in [-0.2, 0) is 9.53 Å². The molecule has 1 aliphatic heterocycles. The van der Waals surface area contributed by atoms with E-state index in [0.717, 1.165) is 32.6 Å². The van der Waals surface area contributed by atoms with E-state index < -0.39 is 0 Å². The number of rotatable bonds is 7. The first kappa shape index (κ1) is 17.6. The first-order chi connectivity index (χ1) is 8.14. The summed E-state index contributed by atoms with van der Waals surface area (Å²) in [5, 5.41) is 6.25. The van der Waals surface area contributed by atoms with Crippen molar-refractivity contribution in [3.8, 4) is 0 Å². The molecule has 0 aromatic carbocycles. The van der Waals surface area contributed by atoms with Crippen molar-refractivity contribution < 1.29 is 9.53 Å². The van der Waals surface area contributed by atoms with Crippen molar-refractivity contribution in [2.24, 2.45) is 5.41 Å². The minimum absolute atomic E-state index is 0. The molecular weight excluding hydrogens is 254 g/mol. The largest absolute Gasteiger partial charge is 0.384 e. The Balaban J connectivity index is 0.00000289. The lowest BCUT2D eigenvalue weighted by Gasteiger charge is -2.26. The lowest BCUT2D eigenvalue weighted by Crippen LogP contribution is -2.47. The molecular formula is C12H26ClN3O2. The van der Waals surface area contributed by atoms with Crippen LogP contribution in [0.5, 0.6) is 0 Å². The summed E-state index contributed by atoms with van der Waals surface area (Å²) in [5.74, 6) is 0.119. The van der Waals surface area contributed by atoms with Crippen LogP contribution in [0.25, 0.3) is 0 Å². The van der Waals surface area contributed by atoms with Crippen molar-refractivity contribution in [2.75, 3.05) is 53.5 Å². The van der Waals surface area contributed by atoms with Crippen molar-refractivity contribution in [1.29, 1.82) is 0 Å². The van der Waals surface area contributed by atoms with E-state index in [0.29, 0.717) is 13.2 Å². The molecule has 0 aromatic rings. The molecule has 1 heterocycles. The number of carbonyl (C=O) groups excluding carboxylic acids is 1. The van der Waals surface area contributed by atoms with Crippen LogP contribution in [0.4, 0.5) is 0 Å². The van der Waals surface area contributed by atoms with Gasteiger partial charge in [-0.05, 0) is 26.6 Å². The number of halogens is 1. The summed E-state index contributed by atoms with van der Waals surface area (Å²) in [6.45, 7) is 6.81. The van der Waals surface area contributed by atoms with Crippen LogP contribution in [0.15, 0.2) is 0 Å². The minimum Gasteiger partial charge on any atom is -0.384 e. The summed E-state index contributed by atoms with van der Waals surface area (Å²) in [6.07, 6.45) is 0.857. The quantitative estimate of drug-likeness (QED) is 0.694. The van der Waals surface area contributed by atoms with Crippen LogP contribution >= 0.6 is 12.4 Å². The van der Waals surface area contributed by atoms with E-state index in [-0.39, 0.29) is 23.7 Å². The molecule has 1 atom stereocenters. The number of ether oxygens (including phenoxy) is 1. The monoisotopic (exact) mass is 279 g/mol. The Morgan fingerprint density at radius 2 is 2.28 bits per heavy atom. The summed E-state index contributed by atoms with van der Waals surface area (Å²) in [6, 6.07) is 0. The lowest BCUT2D eigenvalue weighted by molar-refractivity contribution is -0.132. The van der Waals surface area contributed by atoms with Gasteiger partial charge in [0.05, 0.1) is 12.0 Å². The smallest absolute Gasteiger partial charge is 0.229 e. The summed E-state index contributed by atoms with van der Waals surface area (Å²) >= 11 is 0. The van der Waals surface area contributed by atoms with E-state index in [1.807, 2.05) is 7.05 Å². The lowest BCUT2D eigenvalue weighted by atomic mass is 9.87. The predicted octanol–water partition coefficient (Wildman–Crippen LogP) is 0.102. The van der Waals surface area contributed by atoms with E-state index in [2.05, 4.69) is 22.5 Å². The summed E-state index contributed by atoms with van der Waals surface area (Å²) in [5.41, 5.74) is -0.362. The zero-order valence-electron chi connectivity index (χ0n) is 11.6. The average molecular weight is 280 g/mol. The maximum Gasteiger partial charge on any atom is 0.229 e. The Bertz CT molecular complexity index is 245. The average Bonchev–Trinajstić information content (AvgIpc) is 2.79. The third-order valence-electron chi connectivity index (χ3n) is 3.46.